The average molecular weight is 449 g/mol. The summed E-state index contributed by atoms with van der Waals surface area (Å²) in [6.45, 7) is 0.412. The van der Waals surface area contributed by atoms with E-state index in [1.807, 2.05) is 54.6 Å². The van der Waals surface area contributed by atoms with Gasteiger partial charge in [-0.05, 0) is 29.8 Å². The van der Waals surface area contributed by atoms with Gasteiger partial charge in [-0.2, -0.15) is 0 Å². The third kappa shape index (κ3) is 4.65. The largest absolute Gasteiger partial charge is 0.488 e. The molecule has 3 aromatic rings. The van der Waals surface area contributed by atoms with Crippen LogP contribution in [0.2, 0.25) is 0 Å². The predicted molar refractivity (Wildman–Crippen MR) is 126 cm³/mol. The van der Waals surface area contributed by atoms with Crippen LogP contribution in [0.25, 0.3) is 6.08 Å². The van der Waals surface area contributed by atoms with Crippen molar-refractivity contribution in [1.29, 1.82) is 0 Å². The van der Waals surface area contributed by atoms with Crippen LogP contribution < -0.4 is 9.64 Å². The SMILES string of the molecule is O=C1/C(=C\c2ccccc2OCc2ccccc2)SC(=S)N1c1ccc([N+](=O)[O-])cc1. The van der Waals surface area contributed by atoms with Crippen molar-refractivity contribution in [2.45, 2.75) is 6.61 Å². The highest BCUT2D eigenvalue weighted by Crippen LogP contribution is 2.37. The van der Waals surface area contributed by atoms with Crippen LogP contribution in [0.15, 0.2) is 83.8 Å². The molecular formula is C23H16N2O4S2. The summed E-state index contributed by atoms with van der Waals surface area (Å²) in [5, 5.41) is 10.9. The van der Waals surface area contributed by atoms with Gasteiger partial charge < -0.3 is 4.74 Å². The molecule has 6 nitrogen and oxygen atoms in total. The smallest absolute Gasteiger partial charge is 0.270 e. The Morgan fingerprint density at radius 3 is 2.39 bits per heavy atom. The maximum atomic E-state index is 13.0. The number of nitro benzene ring substituents is 1. The van der Waals surface area contributed by atoms with E-state index in [-0.39, 0.29) is 11.6 Å². The Bertz CT molecular complexity index is 1180. The molecule has 1 aliphatic heterocycles. The van der Waals surface area contributed by atoms with Gasteiger partial charge in [-0.25, -0.2) is 0 Å². The van der Waals surface area contributed by atoms with Gasteiger partial charge in [-0.1, -0.05) is 72.5 Å². The minimum absolute atomic E-state index is 0.0470. The van der Waals surface area contributed by atoms with E-state index in [1.54, 1.807) is 6.08 Å². The van der Waals surface area contributed by atoms with E-state index in [9.17, 15) is 14.9 Å². The van der Waals surface area contributed by atoms with Crippen molar-refractivity contribution < 1.29 is 14.5 Å². The Balaban J connectivity index is 1.56. The van der Waals surface area contributed by atoms with Crippen LogP contribution in [-0.4, -0.2) is 15.2 Å². The lowest BCUT2D eigenvalue weighted by atomic mass is 10.1. The fraction of sp³-hybridized carbons (Fsp3) is 0.0435. The number of hydrogen-bond donors (Lipinski definition) is 0. The van der Waals surface area contributed by atoms with Crippen molar-refractivity contribution in [2.75, 3.05) is 4.90 Å². The molecule has 0 bridgehead atoms. The van der Waals surface area contributed by atoms with E-state index < -0.39 is 4.92 Å². The number of amides is 1. The molecule has 154 valence electrons. The molecule has 1 saturated heterocycles. The van der Waals surface area contributed by atoms with Crippen LogP contribution in [0.1, 0.15) is 11.1 Å². The molecule has 0 saturated carbocycles. The van der Waals surface area contributed by atoms with E-state index in [2.05, 4.69) is 0 Å². The number of nitro groups is 1. The fourth-order valence-corrected chi connectivity index (χ4v) is 4.31. The van der Waals surface area contributed by atoms with Crippen molar-refractivity contribution >= 4 is 51.7 Å². The lowest BCUT2D eigenvalue weighted by Gasteiger charge is -2.14. The molecule has 1 fully saturated rings. The number of ether oxygens (including phenoxy) is 1. The van der Waals surface area contributed by atoms with Crippen LogP contribution in [-0.2, 0) is 11.4 Å². The zero-order chi connectivity index (χ0) is 21.8. The summed E-state index contributed by atoms with van der Waals surface area (Å²) in [6.07, 6.45) is 1.75. The average Bonchev–Trinajstić information content (AvgIpc) is 3.06. The first-order valence-electron chi connectivity index (χ1n) is 9.31. The number of thiocarbonyl (C=S) groups is 1. The second-order valence-corrected chi connectivity index (χ2v) is 8.28. The number of nitrogens with zero attached hydrogens (tertiary/aromatic N) is 2. The van der Waals surface area contributed by atoms with E-state index in [0.717, 1.165) is 11.1 Å². The number of non-ortho nitro benzene ring substituents is 1. The molecule has 0 unspecified atom stereocenters. The summed E-state index contributed by atoms with van der Waals surface area (Å²) >= 11 is 6.57. The number of benzene rings is 3. The van der Waals surface area contributed by atoms with Crippen molar-refractivity contribution in [1.82, 2.24) is 0 Å². The molecule has 0 N–H and O–H groups in total. The van der Waals surface area contributed by atoms with Crippen LogP contribution >= 0.6 is 24.0 Å². The first-order chi connectivity index (χ1) is 15.0. The van der Waals surface area contributed by atoms with Crippen LogP contribution in [0, 0.1) is 10.1 Å². The molecule has 1 amide bonds. The Labute approximate surface area is 188 Å². The van der Waals surface area contributed by atoms with E-state index in [1.165, 1.54) is 40.9 Å². The molecular weight excluding hydrogens is 432 g/mol. The third-order valence-corrected chi connectivity index (χ3v) is 5.86. The van der Waals surface area contributed by atoms with Crippen LogP contribution in [0.5, 0.6) is 5.75 Å². The van der Waals surface area contributed by atoms with Gasteiger partial charge in [0.2, 0.25) is 0 Å². The van der Waals surface area contributed by atoms with Gasteiger partial charge in [-0.3, -0.25) is 19.8 Å². The maximum Gasteiger partial charge on any atom is 0.270 e. The standard InChI is InChI=1S/C23H16N2O4S2/c26-22-21(31-23(30)24(22)18-10-12-19(13-11-18)25(27)28)14-17-8-4-5-9-20(17)29-15-16-6-2-1-3-7-16/h1-14H,15H2/b21-14+. The molecule has 0 radical (unpaired) electrons. The van der Waals surface area contributed by atoms with Gasteiger partial charge in [0.25, 0.3) is 11.6 Å². The number of para-hydroxylation sites is 1. The van der Waals surface area contributed by atoms with E-state index in [4.69, 9.17) is 17.0 Å². The Morgan fingerprint density at radius 1 is 1.00 bits per heavy atom. The molecule has 8 heteroatoms. The number of thioether (sulfide) groups is 1. The second-order valence-electron chi connectivity index (χ2n) is 6.60. The van der Waals surface area contributed by atoms with E-state index in [0.29, 0.717) is 27.3 Å². The summed E-state index contributed by atoms with van der Waals surface area (Å²) in [4.78, 5) is 25.2. The normalized spacial score (nSPS) is 14.8. The summed E-state index contributed by atoms with van der Waals surface area (Å²) < 4.78 is 6.34. The van der Waals surface area contributed by atoms with Crippen molar-refractivity contribution in [3.8, 4) is 5.75 Å². The van der Waals surface area contributed by atoms with Gasteiger partial charge in [0.15, 0.2) is 4.32 Å². The third-order valence-electron chi connectivity index (χ3n) is 4.56. The molecule has 1 heterocycles. The molecule has 0 atom stereocenters. The predicted octanol–water partition coefficient (Wildman–Crippen LogP) is 5.58. The maximum absolute atomic E-state index is 13.0. The number of rotatable bonds is 6. The van der Waals surface area contributed by atoms with Crippen molar-refractivity contribution in [3.63, 3.8) is 0 Å². The van der Waals surface area contributed by atoms with Gasteiger partial charge in [0.1, 0.15) is 12.4 Å². The van der Waals surface area contributed by atoms with Gasteiger partial charge in [0, 0.05) is 17.7 Å². The first-order valence-corrected chi connectivity index (χ1v) is 10.5. The summed E-state index contributed by atoms with van der Waals surface area (Å²) in [5.74, 6) is 0.383. The Morgan fingerprint density at radius 2 is 1.68 bits per heavy atom. The Kier molecular flexibility index (Phi) is 6.11. The van der Waals surface area contributed by atoms with Crippen molar-refractivity contribution in [2.24, 2.45) is 0 Å². The lowest BCUT2D eigenvalue weighted by molar-refractivity contribution is -0.384. The molecule has 0 aliphatic carbocycles. The Hall–Kier alpha value is -3.49. The van der Waals surface area contributed by atoms with E-state index >= 15 is 0 Å². The highest BCUT2D eigenvalue weighted by molar-refractivity contribution is 8.27. The number of carbonyl (C=O) groups is 1. The zero-order valence-corrected chi connectivity index (χ0v) is 17.8. The van der Waals surface area contributed by atoms with Gasteiger partial charge >= 0.3 is 0 Å². The fourth-order valence-electron chi connectivity index (χ4n) is 3.02. The zero-order valence-electron chi connectivity index (χ0n) is 16.1. The summed E-state index contributed by atoms with van der Waals surface area (Å²) in [7, 11) is 0. The molecule has 1 aliphatic rings. The molecule has 3 aromatic carbocycles. The molecule has 4 rings (SSSR count). The number of hydrogen-bond acceptors (Lipinski definition) is 6. The summed E-state index contributed by atoms with van der Waals surface area (Å²) in [5.41, 5.74) is 2.25. The number of carbonyl (C=O) groups excluding carboxylic acids is 1. The minimum atomic E-state index is -0.486. The van der Waals surface area contributed by atoms with Gasteiger partial charge in [0.05, 0.1) is 15.5 Å². The monoisotopic (exact) mass is 448 g/mol. The van der Waals surface area contributed by atoms with Gasteiger partial charge in [-0.15, -0.1) is 0 Å². The highest BCUT2D eigenvalue weighted by atomic mass is 32.2. The van der Waals surface area contributed by atoms with Crippen LogP contribution in [0.4, 0.5) is 11.4 Å². The quantitative estimate of drug-likeness (QED) is 0.212. The minimum Gasteiger partial charge on any atom is -0.488 e. The molecule has 0 spiro atoms. The lowest BCUT2D eigenvalue weighted by Crippen LogP contribution is -2.27. The first kappa shape index (κ1) is 20.8. The molecule has 0 aromatic heterocycles. The summed E-state index contributed by atoms with van der Waals surface area (Å²) in [6, 6.07) is 23.0. The molecule has 31 heavy (non-hydrogen) atoms. The van der Waals surface area contributed by atoms with Crippen LogP contribution in [0.3, 0.4) is 0 Å². The van der Waals surface area contributed by atoms with Crippen molar-refractivity contribution in [3.05, 3.63) is 105 Å². The number of anilines is 1. The topological polar surface area (TPSA) is 72.7 Å². The highest BCUT2D eigenvalue weighted by Gasteiger charge is 2.33. The second kappa shape index (κ2) is 9.11.